The maximum atomic E-state index is 10.9. The molecule has 0 radical (unpaired) electrons. The molecule has 0 aliphatic heterocycles. The van der Waals surface area contributed by atoms with E-state index in [0.717, 1.165) is 25.3 Å². The van der Waals surface area contributed by atoms with E-state index in [0.29, 0.717) is 13.0 Å². The van der Waals surface area contributed by atoms with Crippen LogP contribution >= 0.6 is 0 Å². The van der Waals surface area contributed by atoms with E-state index < -0.39 is 0 Å². The zero-order valence-electron chi connectivity index (χ0n) is 10.2. The van der Waals surface area contributed by atoms with Crippen molar-refractivity contribution in [3.63, 3.8) is 0 Å². The van der Waals surface area contributed by atoms with E-state index in [4.69, 9.17) is 4.74 Å². The minimum Gasteiger partial charge on any atom is -0.492 e. The highest BCUT2D eigenvalue weighted by molar-refractivity contribution is 5.75. The Morgan fingerprint density at radius 3 is 2.71 bits per heavy atom. The fraction of sp³-hybridized carbons (Fsp3) is 0.462. The Bertz CT molecular complexity index is 314. The number of amides is 1. The van der Waals surface area contributed by atoms with Gasteiger partial charge in [0.05, 0.1) is 0 Å². The molecule has 0 spiro atoms. The zero-order valence-corrected chi connectivity index (χ0v) is 10.2. The van der Waals surface area contributed by atoms with Crippen LogP contribution in [-0.2, 0) is 4.79 Å². The molecule has 0 heterocycles. The lowest BCUT2D eigenvalue weighted by Gasteiger charge is -2.07. The summed E-state index contributed by atoms with van der Waals surface area (Å²) in [5.41, 5.74) is 0. The third-order valence-electron chi connectivity index (χ3n) is 2.33. The summed E-state index contributed by atoms with van der Waals surface area (Å²) in [5, 5.41) is 5.83. The molecule has 0 bridgehead atoms. The second-order valence-corrected chi connectivity index (χ2v) is 3.69. The molecule has 0 aliphatic carbocycles. The van der Waals surface area contributed by atoms with Crippen molar-refractivity contribution in [1.29, 1.82) is 0 Å². The average Bonchev–Trinajstić information content (AvgIpc) is 2.38. The van der Waals surface area contributed by atoms with Crippen LogP contribution in [0.2, 0.25) is 0 Å². The van der Waals surface area contributed by atoms with E-state index in [1.807, 2.05) is 30.3 Å². The lowest BCUT2D eigenvalue weighted by molar-refractivity contribution is -0.120. The standard InChI is InChI=1S/C13H20N2O2/c1-14-13(16)8-5-9-15-10-11-17-12-6-3-2-4-7-12/h2-4,6-7,15H,5,8-11H2,1H3,(H,14,16). The molecule has 1 amide bonds. The number of carbonyl (C=O) groups excluding carboxylic acids is 1. The Balaban J connectivity index is 1.93. The number of benzene rings is 1. The van der Waals surface area contributed by atoms with Crippen LogP contribution in [-0.4, -0.2) is 32.7 Å². The summed E-state index contributed by atoms with van der Waals surface area (Å²) >= 11 is 0. The predicted octanol–water partition coefficient (Wildman–Crippen LogP) is 1.18. The van der Waals surface area contributed by atoms with Gasteiger partial charge < -0.3 is 15.4 Å². The highest BCUT2D eigenvalue weighted by atomic mass is 16.5. The Morgan fingerprint density at radius 2 is 2.00 bits per heavy atom. The van der Waals surface area contributed by atoms with Gasteiger partial charge in [0.1, 0.15) is 12.4 Å². The molecular weight excluding hydrogens is 216 g/mol. The van der Waals surface area contributed by atoms with Crippen molar-refractivity contribution in [2.45, 2.75) is 12.8 Å². The van der Waals surface area contributed by atoms with Crippen LogP contribution in [0.5, 0.6) is 5.75 Å². The summed E-state index contributed by atoms with van der Waals surface area (Å²) in [6.45, 7) is 2.28. The topological polar surface area (TPSA) is 50.4 Å². The summed E-state index contributed by atoms with van der Waals surface area (Å²) in [4.78, 5) is 10.9. The van der Waals surface area contributed by atoms with Crippen LogP contribution in [0.15, 0.2) is 30.3 Å². The van der Waals surface area contributed by atoms with Gasteiger partial charge in [-0.05, 0) is 25.1 Å². The van der Waals surface area contributed by atoms with Gasteiger partial charge in [0.25, 0.3) is 0 Å². The summed E-state index contributed by atoms with van der Waals surface area (Å²) in [5.74, 6) is 0.979. The third-order valence-corrected chi connectivity index (χ3v) is 2.33. The number of hydrogen-bond donors (Lipinski definition) is 2. The van der Waals surface area contributed by atoms with Gasteiger partial charge in [0.2, 0.25) is 5.91 Å². The normalized spacial score (nSPS) is 9.94. The van der Waals surface area contributed by atoms with Crippen molar-refractivity contribution in [1.82, 2.24) is 10.6 Å². The summed E-state index contributed by atoms with van der Waals surface area (Å²) in [6.07, 6.45) is 1.42. The smallest absolute Gasteiger partial charge is 0.219 e. The molecule has 0 aromatic heterocycles. The molecule has 0 atom stereocenters. The molecule has 0 unspecified atom stereocenters. The van der Waals surface area contributed by atoms with Crippen LogP contribution in [0.3, 0.4) is 0 Å². The molecule has 0 aliphatic rings. The highest BCUT2D eigenvalue weighted by Gasteiger charge is 1.96. The summed E-state index contributed by atoms with van der Waals surface area (Å²) in [6, 6.07) is 9.74. The van der Waals surface area contributed by atoms with Gasteiger partial charge in [-0.25, -0.2) is 0 Å². The van der Waals surface area contributed by atoms with Crippen LogP contribution in [0.1, 0.15) is 12.8 Å². The summed E-state index contributed by atoms with van der Waals surface area (Å²) in [7, 11) is 1.66. The number of carbonyl (C=O) groups is 1. The highest BCUT2D eigenvalue weighted by Crippen LogP contribution is 2.07. The molecule has 4 nitrogen and oxygen atoms in total. The van der Waals surface area contributed by atoms with Gasteiger partial charge in [0.15, 0.2) is 0 Å². The molecule has 0 fully saturated rings. The molecular formula is C13H20N2O2. The molecule has 1 aromatic rings. The SMILES string of the molecule is CNC(=O)CCCNCCOc1ccccc1. The first-order chi connectivity index (χ1) is 8.33. The molecule has 4 heteroatoms. The molecule has 1 rings (SSSR count). The number of hydrogen-bond acceptors (Lipinski definition) is 3. The van der Waals surface area contributed by atoms with Crippen molar-refractivity contribution < 1.29 is 9.53 Å². The average molecular weight is 236 g/mol. The van der Waals surface area contributed by atoms with E-state index in [9.17, 15) is 4.79 Å². The second-order valence-electron chi connectivity index (χ2n) is 3.69. The maximum Gasteiger partial charge on any atom is 0.219 e. The van der Waals surface area contributed by atoms with Crippen molar-refractivity contribution in [3.8, 4) is 5.75 Å². The zero-order chi connectivity index (χ0) is 12.3. The Kier molecular flexibility index (Phi) is 6.82. The first-order valence-electron chi connectivity index (χ1n) is 5.92. The molecule has 94 valence electrons. The Hall–Kier alpha value is -1.55. The lowest BCUT2D eigenvalue weighted by Crippen LogP contribution is -2.24. The molecule has 0 saturated heterocycles. The number of ether oxygens (including phenoxy) is 1. The first kappa shape index (κ1) is 13.5. The van der Waals surface area contributed by atoms with E-state index in [-0.39, 0.29) is 5.91 Å². The van der Waals surface area contributed by atoms with E-state index in [1.54, 1.807) is 7.05 Å². The van der Waals surface area contributed by atoms with Gasteiger partial charge in [-0.15, -0.1) is 0 Å². The van der Waals surface area contributed by atoms with Gasteiger partial charge in [0, 0.05) is 20.0 Å². The van der Waals surface area contributed by atoms with Crippen molar-refractivity contribution in [3.05, 3.63) is 30.3 Å². The van der Waals surface area contributed by atoms with Crippen LogP contribution < -0.4 is 15.4 Å². The maximum absolute atomic E-state index is 10.9. The van der Waals surface area contributed by atoms with Crippen molar-refractivity contribution >= 4 is 5.91 Å². The summed E-state index contributed by atoms with van der Waals surface area (Å²) < 4.78 is 5.51. The van der Waals surface area contributed by atoms with Gasteiger partial charge in [-0.3, -0.25) is 4.79 Å². The van der Waals surface area contributed by atoms with Gasteiger partial charge >= 0.3 is 0 Å². The molecule has 17 heavy (non-hydrogen) atoms. The van der Waals surface area contributed by atoms with E-state index in [2.05, 4.69) is 10.6 Å². The third kappa shape index (κ3) is 6.58. The van der Waals surface area contributed by atoms with Gasteiger partial charge in [-0.2, -0.15) is 0 Å². The lowest BCUT2D eigenvalue weighted by atomic mass is 10.3. The van der Waals surface area contributed by atoms with E-state index in [1.165, 1.54) is 0 Å². The Morgan fingerprint density at radius 1 is 1.24 bits per heavy atom. The molecule has 2 N–H and O–H groups in total. The number of nitrogens with one attached hydrogen (secondary N) is 2. The van der Waals surface area contributed by atoms with Crippen LogP contribution in [0, 0.1) is 0 Å². The molecule has 1 aromatic carbocycles. The quantitative estimate of drug-likeness (QED) is 0.666. The monoisotopic (exact) mass is 236 g/mol. The number of para-hydroxylation sites is 1. The predicted molar refractivity (Wildman–Crippen MR) is 68.1 cm³/mol. The fourth-order valence-electron chi connectivity index (χ4n) is 1.38. The minimum atomic E-state index is 0.0901. The minimum absolute atomic E-state index is 0.0901. The largest absolute Gasteiger partial charge is 0.492 e. The molecule has 0 saturated carbocycles. The Labute approximate surface area is 102 Å². The van der Waals surface area contributed by atoms with Crippen LogP contribution in [0.25, 0.3) is 0 Å². The van der Waals surface area contributed by atoms with Crippen molar-refractivity contribution in [2.75, 3.05) is 26.7 Å². The van der Waals surface area contributed by atoms with Crippen LogP contribution in [0.4, 0.5) is 0 Å². The van der Waals surface area contributed by atoms with E-state index >= 15 is 0 Å². The fourth-order valence-corrected chi connectivity index (χ4v) is 1.38. The first-order valence-corrected chi connectivity index (χ1v) is 5.92. The van der Waals surface area contributed by atoms with Gasteiger partial charge in [-0.1, -0.05) is 18.2 Å². The number of rotatable bonds is 8. The second kappa shape index (κ2) is 8.58. The van der Waals surface area contributed by atoms with Crippen molar-refractivity contribution in [2.24, 2.45) is 0 Å².